The van der Waals surface area contributed by atoms with Crippen LogP contribution in [0.15, 0.2) is 72.8 Å². The predicted octanol–water partition coefficient (Wildman–Crippen LogP) is 9.00. The summed E-state index contributed by atoms with van der Waals surface area (Å²) in [5.74, 6) is 4.58. The third-order valence-corrected chi connectivity index (χ3v) is 15.4. The van der Waals surface area contributed by atoms with Crippen molar-refractivity contribution in [2.75, 3.05) is 28.4 Å². The quantitative estimate of drug-likeness (QED) is 0.185. The van der Waals surface area contributed by atoms with E-state index in [0.717, 1.165) is 56.8 Å². The highest BCUT2D eigenvalue weighted by Crippen LogP contribution is 2.70. The Morgan fingerprint density at radius 2 is 0.783 bits per heavy atom. The molecule has 0 aromatic heterocycles. The minimum atomic E-state index is -0.906. The molecule has 46 heavy (non-hydrogen) atoms. The molecule has 6 rings (SSSR count). The lowest BCUT2D eigenvalue weighted by atomic mass is 10.0. The van der Waals surface area contributed by atoms with Crippen LogP contribution in [0.25, 0.3) is 22.3 Å². The molecule has 242 valence electrons. The molecule has 0 bridgehead atoms. The minimum Gasteiger partial charge on any atom is -0.496 e. The molecule has 0 saturated carbocycles. The molecular weight excluding hydrogens is 614 g/mol. The van der Waals surface area contributed by atoms with Crippen molar-refractivity contribution in [2.24, 2.45) is 0 Å². The van der Waals surface area contributed by atoms with E-state index in [1.165, 1.54) is 10.6 Å². The van der Waals surface area contributed by atoms with Gasteiger partial charge in [0.2, 0.25) is 0 Å². The molecule has 2 aliphatic heterocycles. The predicted molar refractivity (Wildman–Crippen MR) is 191 cm³/mol. The molecule has 4 atom stereocenters. The fourth-order valence-corrected chi connectivity index (χ4v) is 13.7. The van der Waals surface area contributed by atoms with Gasteiger partial charge in [0, 0.05) is 21.7 Å². The van der Waals surface area contributed by atoms with Crippen molar-refractivity contribution < 1.29 is 28.4 Å². The van der Waals surface area contributed by atoms with Gasteiger partial charge in [-0.3, -0.25) is 0 Å². The number of hydrogen-bond donors (Lipinski definition) is 0. The monoisotopic (exact) mass is 658 g/mol. The number of hydrogen-bond acceptors (Lipinski definition) is 6. The van der Waals surface area contributed by atoms with Crippen LogP contribution in [-0.4, -0.2) is 50.4 Å². The van der Waals surface area contributed by atoms with E-state index in [0.29, 0.717) is 0 Å². The van der Waals surface area contributed by atoms with Gasteiger partial charge in [0.05, 0.1) is 39.6 Å². The third-order valence-electron chi connectivity index (χ3n) is 8.57. The van der Waals surface area contributed by atoms with Crippen molar-refractivity contribution in [3.8, 4) is 56.8 Å². The van der Waals surface area contributed by atoms with E-state index >= 15 is 0 Å². The molecule has 4 aromatic rings. The summed E-state index contributed by atoms with van der Waals surface area (Å²) in [4.78, 5) is 0. The zero-order valence-corrected chi connectivity index (χ0v) is 30.2. The Kier molecular flexibility index (Phi) is 8.68. The molecule has 0 radical (unpaired) electrons. The summed E-state index contributed by atoms with van der Waals surface area (Å²) in [6, 6.07) is 24.6. The summed E-state index contributed by atoms with van der Waals surface area (Å²) in [5, 5.41) is 2.27. The van der Waals surface area contributed by atoms with Crippen LogP contribution in [0.2, 0.25) is 0 Å². The van der Waals surface area contributed by atoms with Gasteiger partial charge < -0.3 is 28.4 Å². The minimum absolute atomic E-state index is 0.0949. The largest absolute Gasteiger partial charge is 0.496 e. The lowest BCUT2D eigenvalue weighted by Gasteiger charge is -2.40. The van der Waals surface area contributed by atoms with Crippen molar-refractivity contribution in [3.05, 3.63) is 72.8 Å². The molecule has 0 saturated heterocycles. The van der Waals surface area contributed by atoms with E-state index in [1.807, 2.05) is 36.4 Å². The molecule has 0 aliphatic carbocycles. The standard InChI is InChI=1S/C38H44O6P2/c1-37(2,3)45-33-23(31-25(39-7)17-13-18-26(31)40-8)15-11-21-29(33)43-35(45)36-44-30-22-12-16-24(34(30)46(36)38(4,5)6)32-27(41-9)19-14-20-28(32)42-10/h11-22,35-36H,1-10H3/t35-,36-,45+,46+/m0/s1. The summed E-state index contributed by atoms with van der Waals surface area (Å²) < 4.78 is 37.8. The number of rotatable bonds is 7. The Balaban J connectivity index is 1.54. The van der Waals surface area contributed by atoms with E-state index in [4.69, 9.17) is 28.4 Å². The Morgan fingerprint density at radius 3 is 1.07 bits per heavy atom. The van der Waals surface area contributed by atoms with E-state index in [9.17, 15) is 0 Å². The van der Waals surface area contributed by atoms with E-state index < -0.39 is 15.8 Å². The average Bonchev–Trinajstić information content (AvgIpc) is 3.63. The Hall–Kier alpha value is -3.46. The Morgan fingerprint density at radius 1 is 0.478 bits per heavy atom. The van der Waals surface area contributed by atoms with Crippen LogP contribution >= 0.6 is 15.8 Å². The van der Waals surface area contributed by atoms with Gasteiger partial charge in [0.25, 0.3) is 0 Å². The second-order valence-electron chi connectivity index (χ2n) is 13.5. The van der Waals surface area contributed by atoms with Crippen molar-refractivity contribution in [3.63, 3.8) is 0 Å². The fourth-order valence-electron chi connectivity index (χ4n) is 6.79. The van der Waals surface area contributed by atoms with E-state index in [2.05, 4.69) is 77.9 Å². The van der Waals surface area contributed by atoms with Gasteiger partial charge in [-0.05, 0) is 62.6 Å². The highest BCUT2D eigenvalue weighted by molar-refractivity contribution is 7.72. The summed E-state index contributed by atoms with van der Waals surface area (Å²) in [6.45, 7) is 14.0. The molecule has 2 aliphatic rings. The van der Waals surface area contributed by atoms with Crippen LogP contribution in [0.3, 0.4) is 0 Å². The van der Waals surface area contributed by atoms with Crippen molar-refractivity contribution in [1.82, 2.24) is 0 Å². The second kappa shape index (κ2) is 12.3. The summed E-state index contributed by atoms with van der Waals surface area (Å²) in [5.41, 5.74) is 4.07. The van der Waals surface area contributed by atoms with Gasteiger partial charge in [-0.15, -0.1) is 0 Å². The van der Waals surface area contributed by atoms with Crippen LogP contribution in [0.1, 0.15) is 41.5 Å². The van der Waals surface area contributed by atoms with Gasteiger partial charge in [-0.2, -0.15) is 0 Å². The summed E-state index contributed by atoms with van der Waals surface area (Å²) >= 11 is 0. The first-order valence-corrected chi connectivity index (χ1v) is 18.4. The molecule has 4 aromatic carbocycles. The van der Waals surface area contributed by atoms with E-state index in [-0.39, 0.29) is 22.0 Å². The maximum atomic E-state index is 7.12. The topological polar surface area (TPSA) is 55.4 Å². The normalized spacial score (nSPS) is 20.3. The van der Waals surface area contributed by atoms with Crippen molar-refractivity contribution >= 4 is 26.5 Å². The number of methoxy groups -OCH3 is 4. The molecule has 0 amide bonds. The van der Waals surface area contributed by atoms with Crippen LogP contribution < -0.4 is 39.0 Å². The fraction of sp³-hybridized carbons (Fsp3) is 0.368. The van der Waals surface area contributed by atoms with Crippen LogP contribution in [-0.2, 0) is 0 Å². The molecular formula is C38H44O6P2. The van der Waals surface area contributed by atoms with Crippen molar-refractivity contribution in [2.45, 2.75) is 63.5 Å². The molecule has 0 spiro atoms. The third kappa shape index (κ3) is 5.38. The number of ether oxygens (including phenoxy) is 6. The molecule has 0 unspecified atom stereocenters. The zero-order valence-electron chi connectivity index (χ0n) is 28.4. The SMILES string of the molecule is COc1cccc(OC)c1-c1cccc2c1[P@@](C(C)(C)C)[C@@H]([C@H]1Oc3cccc(-c4c(OC)cccc4OC)c3[P@@]1C(C)(C)C)O2. The van der Waals surface area contributed by atoms with Crippen LogP contribution in [0.4, 0.5) is 0 Å². The average molecular weight is 659 g/mol. The molecule has 6 nitrogen and oxygen atoms in total. The lowest BCUT2D eigenvalue weighted by molar-refractivity contribution is 0.171. The molecule has 0 N–H and O–H groups in total. The Labute approximate surface area is 275 Å². The first-order valence-electron chi connectivity index (χ1n) is 15.5. The second-order valence-corrected chi connectivity index (χ2v) is 19.6. The first kappa shape index (κ1) is 32.5. The zero-order chi connectivity index (χ0) is 33.0. The van der Waals surface area contributed by atoms with Gasteiger partial charge in [0.1, 0.15) is 34.5 Å². The first-order chi connectivity index (χ1) is 21.9. The number of fused-ring (bicyclic) bond motifs is 2. The van der Waals surface area contributed by atoms with Crippen LogP contribution in [0.5, 0.6) is 34.5 Å². The smallest absolute Gasteiger partial charge is 0.162 e. The summed E-state index contributed by atoms with van der Waals surface area (Å²) in [7, 11) is 5.03. The molecule has 8 heteroatoms. The van der Waals surface area contributed by atoms with Gasteiger partial charge in [-0.25, -0.2) is 0 Å². The highest BCUT2D eigenvalue weighted by atomic mass is 31.1. The number of benzene rings is 4. The molecule has 2 heterocycles. The van der Waals surface area contributed by atoms with Gasteiger partial charge in [0.15, 0.2) is 11.7 Å². The Bertz CT molecular complexity index is 1580. The van der Waals surface area contributed by atoms with Gasteiger partial charge >= 0.3 is 0 Å². The maximum absolute atomic E-state index is 7.12. The summed E-state index contributed by atoms with van der Waals surface area (Å²) in [6.07, 6.45) is 0. The van der Waals surface area contributed by atoms with Crippen LogP contribution in [0, 0.1) is 0 Å². The maximum Gasteiger partial charge on any atom is 0.162 e. The molecule has 0 fully saturated rings. The van der Waals surface area contributed by atoms with Crippen molar-refractivity contribution in [1.29, 1.82) is 0 Å². The highest BCUT2D eigenvalue weighted by Gasteiger charge is 2.55. The van der Waals surface area contributed by atoms with E-state index in [1.54, 1.807) is 28.4 Å². The lowest BCUT2D eigenvalue weighted by Crippen LogP contribution is -2.38. The van der Waals surface area contributed by atoms with Gasteiger partial charge in [-0.1, -0.05) is 77.9 Å².